The highest BCUT2D eigenvalue weighted by Gasteiger charge is 2.20. The van der Waals surface area contributed by atoms with Crippen molar-refractivity contribution in [2.75, 3.05) is 6.61 Å². The Balaban J connectivity index is 1.46. The Kier molecular flexibility index (Phi) is 5.62. The number of hydrogen-bond donors (Lipinski definition) is 0. The van der Waals surface area contributed by atoms with Gasteiger partial charge in [-0.05, 0) is 32.0 Å². The van der Waals surface area contributed by atoms with Gasteiger partial charge in [0.15, 0.2) is 17.8 Å². The minimum Gasteiger partial charge on any atom is -0.467 e. The second-order valence-corrected chi connectivity index (χ2v) is 7.78. The van der Waals surface area contributed by atoms with Crippen LogP contribution in [-0.2, 0) is 36.7 Å². The Labute approximate surface area is 187 Å². The second-order valence-electron chi connectivity index (χ2n) is 7.78. The quantitative estimate of drug-likeness (QED) is 0.301. The van der Waals surface area contributed by atoms with Crippen molar-refractivity contribution in [3.63, 3.8) is 0 Å². The number of hydrogen-bond acceptors (Lipinski definition) is 7. The lowest BCUT2D eigenvalue weighted by Crippen LogP contribution is -2.37. The number of ether oxygens (including phenoxy) is 1. The van der Waals surface area contributed by atoms with E-state index in [2.05, 4.69) is 4.98 Å². The van der Waals surface area contributed by atoms with Crippen LogP contribution in [0.25, 0.3) is 11.2 Å². The molecule has 0 atom stereocenters. The van der Waals surface area contributed by atoms with E-state index in [9.17, 15) is 19.2 Å². The van der Waals surface area contributed by atoms with Gasteiger partial charge in [-0.25, -0.2) is 9.78 Å². The van der Waals surface area contributed by atoms with E-state index >= 15 is 0 Å². The molecule has 0 amide bonds. The fraction of sp³-hybridized carbons (Fsp3) is 0.318. The van der Waals surface area contributed by atoms with Crippen molar-refractivity contribution in [3.8, 4) is 0 Å². The first-order chi connectivity index (χ1) is 15.7. The molecule has 0 aliphatic heterocycles. The number of imidazole rings is 1. The van der Waals surface area contributed by atoms with E-state index < -0.39 is 23.8 Å². The number of carbonyl (C=O) groups excluding carboxylic acids is 2. The van der Waals surface area contributed by atoms with E-state index in [4.69, 9.17) is 9.15 Å². The number of rotatable bonds is 7. The predicted molar refractivity (Wildman–Crippen MR) is 117 cm³/mol. The van der Waals surface area contributed by atoms with Crippen molar-refractivity contribution < 1.29 is 18.7 Å². The molecule has 11 nitrogen and oxygen atoms in total. The molecule has 0 unspecified atom stereocenters. The van der Waals surface area contributed by atoms with Crippen molar-refractivity contribution in [1.29, 1.82) is 0 Å². The van der Waals surface area contributed by atoms with Crippen molar-refractivity contribution in [3.05, 3.63) is 74.3 Å². The summed E-state index contributed by atoms with van der Waals surface area (Å²) in [7, 11) is 2.83. The molecule has 0 aromatic carbocycles. The molecule has 0 aliphatic carbocycles. The van der Waals surface area contributed by atoms with E-state index in [0.717, 1.165) is 21.7 Å². The van der Waals surface area contributed by atoms with Gasteiger partial charge in [0.1, 0.15) is 12.3 Å². The van der Waals surface area contributed by atoms with E-state index in [-0.39, 0.29) is 23.5 Å². The lowest BCUT2D eigenvalue weighted by Gasteiger charge is -2.09. The number of Topliss-reactive ketones (excluding diaryl/α,β-unsaturated/α-hetero) is 1. The molecule has 0 spiro atoms. The number of esters is 1. The van der Waals surface area contributed by atoms with Crippen molar-refractivity contribution in [1.82, 2.24) is 23.3 Å². The molecule has 0 saturated carbocycles. The maximum Gasteiger partial charge on any atom is 0.332 e. The highest BCUT2D eigenvalue weighted by molar-refractivity contribution is 5.99. The standard InChI is InChI=1S/C22H23N5O6/c1-13-8-16(14(2)27(13)9-15-6-5-7-32-15)17(28)11-33-18(29)10-26-12-23-20-19(26)21(30)25(4)22(31)24(20)3/h5-8,12H,9-11H2,1-4H3. The summed E-state index contributed by atoms with van der Waals surface area (Å²) in [6, 6.07) is 5.41. The molecule has 0 saturated heterocycles. The van der Waals surface area contributed by atoms with Gasteiger partial charge in [0.2, 0.25) is 5.78 Å². The van der Waals surface area contributed by atoms with Gasteiger partial charge in [0.05, 0.1) is 19.1 Å². The number of nitrogens with zero attached hydrogens (tertiary/aromatic N) is 5. The summed E-state index contributed by atoms with van der Waals surface area (Å²) in [6.45, 7) is 3.43. The van der Waals surface area contributed by atoms with Crippen molar-refractivity contribution >= 4 is 22.9 Å². The van der Waals surface area contributed by atoms with Gasteiger partial charge in [0.25, 0.3) is 5.56 Å². The van der Waals surface area contributed by atoms with E-state index in [0.29, 0.717) is 12.1 Å². The second kappa shape index (κ2) is 8.41. The minimum atomic E-state index is -0.706. The van der Waals surface area contributed by atoms with Gasteiger partial charge in [-0.2, -0.15) is 0 Å². The molecule has 0 bridgehead atoms. The Morgan fingerprint density at radius 1 is 1.15 bits per heavy atom. The molecule has 33 heavy (non-hydrogen) atoms. The van der Waals surface area contributed by atoms with Crippen LogP contribution in [0.2, 0.25) is 0 Å². The molecule has 4 heterocycles. The average Bonchev–Trinajstić information content (AvgIpc) is 3.51. The summed E-state index contributed by atoms with van der Waals surface area (Å²) in [5.74, 6) is -0.280. The summed E-state index contributed by atoms with van der Waals surface area (Å²) in [5, 5.41) is 0. The van der Waals surface area contributed by atoms with Crippen LogP contribution < -0.4 is 11.2 Å². The molecule has 4 rings (SSSR count). The fourth-order valence-corrected chi connectivity index (χ4v) is 3.81. The van der Waals surface area contributed by atoms with Crippen LogP contribution in [0.5, 0.6) is 0 Å². The van der Waals surface area contributed by atoms with E-state index in [1.165, 1.54) is 29.6 Å². The zero-order valence-corrected chi connectivity index (χ0v) is 18.7. The summed E-state index contributed by atoms with van der Waals surface area (Å²) < 4.78 is 16.0. The molecule has 11 heteroatoms. The third kappa shape index (κ3) is 3.93. The van der Waals surface area contributed by atoms with E-state index in [1.807, 2.05) is 24.5 Å². The topological polar surface area (TPSA) is 123 Å². The maximum absolute atomic E-state index is 12.7. The first kappa shape index (κ1) is 22.1. The maximum atomic E-state index is 12.7. The smallest absolute Gasteiger partial charge is 0.332 e. The molecular weight excluding hydrogens is 430 g/mol. The monoisotopic (exact) mass is 453 g/mol. The fourth-order valence-electron chi connectivity index (χ4n) is 3.81. The van der Waals surface area contributed by atoms with Crippen LogP contribution in [0.1, 0.15) is 27.5 Å². The predicted octanol–water partition coefficient (Wildman–Crippen LogP) is 0.919. The molecule has 0 aliphatic rings. The van der Waals surface area contributed by atoms with Gasteiger partial charge in [-0.15, -0.1) is 0 Å². The number of aromatic nitrogens is 5. The zero-order valence-electron chi connectivity index (χ0n) is 18.7. The number of aryl methyl sites for hydroxylation is 2. The SMILES string of the molecule is Cc1cc(C(=O)COC(=O)Cn2cnc3c2c(=O)n(C)c(=O)n3C)c(C)n1Cc1ccco1. The number of ketones is 1. The summed E-state index contributed by atoms with van der Waals surface area (Å²) >= 11 is 0. The Morgan fingerprint density at radius 3 is 2.61 bits per heavy atom. The van der Waals surface area contributed by atoms with Crippen LogP contribution in [0.3, 0.4) is 0 Å². The van der Waals surface area contributed by atoms with E-state index in [1.54, 1.807) is 18.4 Å². The van der Waals surface area contributed by atoms with Crippen LogP contribution >= 0.6 is 0 Å². The summed E-state index contributed by atoms with van der Waals surface area (Å²) in [4.78, 5) is 53.7. The molecule has 0 fully saturated rings. The first-order valence-electron chi connectivity index (χ1n) is 10.2. The average molecular weight is 453 g/mol. The number of furan rings is 1. The lowest BCUT2D eigenvalue weighted by atomic mass is 10.1. The summed E-state index contributed by atoms with van der Waals surface area (Å²) in [5.41, 5.74) is 1.26. The van der Waals surface area contributed by atoms with Gasteiger partial charge in [0, 0.05) is 31.0 Å². The molecule has 4 aromatic heterocycles. The Bertz CT molecular complexity index is 1480. The minimum absolute atomic E-state index is 0.101. The largest absolute Gasteiger partial charge is 0.467 e. The van der Waals surface area contributed by atoms with Crippen molar-refractivity contribution in [2.24, 2.45) is 14.1 Å². The highest BCUT2D eigenvalue weighted by atomic mass is 16.5. The first-order valence-corrected chi connectivity index (χ1v) is 10.2. The highest BCUT2D eigenvalue weighted by Crippen LogP contribution is 2.18. The van der Waals surface area contributed by atoms with Crippen LogP contribution in [0.15, 0.2) is 44.8 Å². The van der Waals surface area contributed by atoms with Gasteiger partial charge in [-0.1, -0.05) is 0 Å². The molecular formula is C22H23N5O6. The normalized spacial score (nSPS) is 11.3. The Hall–Kier alpha value is -4.15. The molecule has 0 radical (unpaired) electrons. The Morgan fingerprint density at radius 2 is 1.91 bits per heavy atom. The third-order valence-electron chi connectivity index (χ3n) is 5.65. The van der Waals surface area contributed by atoms with Gasteiger partial charge < -0.3 is 18.3 Å². The zero-order chi connectivity index (χ0) is 23.9. The van der Waals surface area contributed by atoms with Crippen LogP contribution in [0, 0.1) is 13.8 Å². The van der Waals surface area contributed by atoms with Gasteiger partial charge in [-0.3, -0.25) is 23.5 Å². The number of fused-ring (bicyclic) bond motifs is 1. The lowest BCUT2D eigenvalue weighted by molar-refractivity contribution is -0.143. The summed E-state index contributed by atoms with van der Waals surface area (Å²) in [6.07, 6.45) is 2.88. The molecule has 0 N–H and O–H groups in total. The van der Waals surface area contributed by atoms with Crippen LogP contribution in [-0.4, -0.2) is 41.6 Å². The van der Waals surface area contributed by atoms with Gasteiger partial charge >= 0.3 is 11.7 Å². The van der Waals surface area contributed by atoms with Crippen molar-refractivity contribution in [2.45, 2.75) is 26.9 Å². The third-order valence-corrected chi connectivity index (χ3v) is 5.65. The molecule has 172 valence electrons. The van der Waals surface area contributed by atoms with Crippen LogP contribution in [0.4, 0.5) is 0 Å². The number of carbonyl (C=O) groups is 2. The molecule has 4 aromatic rings.